The predicted molar refractivity (Wildman–Crippen MR) is 82.6 cm³/mol. The number of amides is 1. The zero-order valence-electron chi connectivity index (χ0n) is 13.4. The summed E-state index contributed by atoms with van der Waals surface area (Å²) >= 11 is 0. The monoisotopic (exact) mass is 305 g/mol. The molecule has 2 unspecified atom stereocenters. The molecule has 2 aliphatic heterocycles. The number of rotatable bonds is 4. The van der Waals surface area contributed by atoms with E-state index in [0.717, 1.165) is 25.7 Å². The maximum Gasteiger partial charge on any atom is 0.254 e. The first-order valence-corrected chi connectivity index (χ1v) is 7.75. The van der Waals surface area contributed by atoms with Crippen LogP contribution in [0.4, 0.5) is 0 Å². The number of nitrogens with zero attached hydrogens (tertiary/aromatic N) is 1. The van der Waals surface area contributed by atoms with Crippen LogP contribution >= 0.6 is 0 Å². The Morgan fingerprint density at radius 1 is 1.05 bits per heavy atom. The van der Waals surface area contributed by atoms with Crippen molar-refractivity contribution in [3.63, 3.8) is 0 Å². The maximum atomic E-state index is 12.9. The summed E-state index contributed by atoms with van der Waals surface area (Å²) in [4.78, 5) is 15.0. The summed E-state index contributed by atoms with van der Waals surface area (Å²) in [6.45, 7) is 0. The lowest BCUT2D eigenvalue weighted by molar-refractivity contribution is 0.00821. The van der Waals surface area contributed by atoms with Crippen molar-refractivity contribution in [3.8, 4) is 11.5 Å². The molecular formula is C17H23NO4. The summed E-state index contributed by atoms with van der Waals surface area (Å²) in [5.74, 6) is 1.32. The van der Waals surface area contributed by atoms with Crippen LogP contribution in [-0.2, 0) is 4.74 Å². The Hall–Kier alpha value is -1.75. The van der Waals surface area contributed by atoms with E-state index in [1.54, 1.807) is 33.5 Å². The average molecular weight is 305 g/mol. The quantitative estimate of drug-likeness (QED) is 0.857. The summed E-state index contributed by atoms with van der Waals surface area (Å²) in [6, 6.07) is 5.96. The van der Waals surface area contributed by atoms with Crippen molar-refractivity contribution < 1.29 is 19.0 Å². The number of ether oxygens (including phenoxy) is 3. The molecule has 2 fully saturated rings. The second kappa shape index (κ2) is 6.16. The molecular weight excluding hydrogens is 282 g/mol. The maximum absolute atomic E-state index is 12.9. The van der Waals surface area contributed by atoms with Gasteiger partial charge in [-0.1, -0.05) is 0 Å². The van der Waals surface area contributed by atoms with E-state index in [1.807, 2.05) is 6.07 Å². The van der Waals surface area contributed by atoms with Crippen LogP contribution in [-0.4, -0.2) is 50.3 Å². The smallest absolute Gasteiger partial charge is 0.254 e. The second-order valence-electron chi connectivity index (χ2n) is 6.00. The first kappa shape index (κ1) is 15.2. The van der Waals surface area contributed by atoms with Gasteiger partial charge in [-0.15, -0.1) is 0 Å². The molecule has 1 aromatic rings. The average Bonchev–Trinajstić information content (AvgIpc) is 2.83. The zero-order valence-corrected chi connectivity index (χ0v) is 13.4. The van der Waals surface area contributed by atoms with Crippen molar-refractivity contribution in [2.24, 2.45) is 0 Å². The molecule has 1 amide bonds. The minimum atomic E-state index is 0.0861. The van der Waals surface area contributed by atoms with Gasteiger partial charge in [0.15, 0.2) is 11.5 Å². The summed E-state index contributed by atoms with van der Waals surface area (Å²) in [5.41, 5.74) is 0.658. The number of hydrogen-bond acceptors (Lipinski definition) is 4. The van der Waals surface area contributed by atoms with E-state index in [0.29, 0.717) is 29.1 Å². The van der Waals surface area contributed by atoms with Crippen molar-refractivity contribution in [2.45, 2.75) is 43.9 Å². The number of fused-ring (bicyclic) bond motifs is 2. The molecule has 0 aliphatic carbocycles. The van der Waals surface area contributed by atoms with E-state index in [4.69, 9.17) is 14.2 Å². The molecule has 2 saturated heterocycles. The van der Waals surface area contributed by atoms with Crippen LogP contribution in [0.1, 0.15) is 36.0 Å². The van der Waals surface area contributed by atoms with Gasteiger partial charge in [0.25, 0.3) is 5.91 Å². The first-order valence-electron chi connectivity index (χ1n) is 7.75. The van der Waals surface area contributed by atoms with E-state index in [9.17, 15) is 4.79 Å². The standard InChI is InChI=1S/C17H23NO4/c1-20-14-9-12-5-6-13(10-14)18(12)17(19)11-4-7-15(21-2)16(8-11)22-3/h4,7-8,12-14H,5-6,9-10H2,1-3H3. The molecule has 0 aromatic heterocycles. The third-order valence-corrected chi connectivity index (χ3v) is 4.89. The Balaban J connectivity index is 1.83. The van der Waals surface area contributed by atoms with E-state index < -0.39 is 0 Å². The SMILES string of the molecule is COc1ccc(C(=O)N2C3CCC2CC(OC)C3)cc1OC. The molecule has 0 saturated carbocycles. The van der Waals surface area contributed by atoms with Gasteiger partial charge in [0.05, 0.1) is 20.3 Å². The summed E-state index contributed by atoms with van der Waals surface area (Å²) in [7, 11) is 4.94. The van der Waals surface area contributed by atoms with Crippen LogP contribution in [0.15, 0.2) is 18.2 Å². The molecule has 2 bridgehead atoms. The van der Waals surface area contributed by atoms with Crippen molar-refractivity contribution in [1.29, 1.82) is 0 Å². The number of piperidine rings is 1. The molecule has 1 aromatic carbocycles. The van der Waals surface area contributed by atoms with Crippen molar-refractivity contribution in [2.75, 3.05) is 21.3 Å². The van der Waals surface area contributed by atoms with E-state index in [2.05, 4.69) is 4.90 Å². The normalized spacial score (nSPS) is 26.9. The van der Waals surface area contributed by atoms with Crippen LogP contribution in [0.5, 0.6) is 11.5 Å². The summed E-state index contributed by atoms with van der Waals surface area (Å²) in [5, 5.41) is 0. The minimum Gasteiger partial charge on any atom is -0.493 e. The zero-order chi connectivity index (χ0) is 15.7. The molecule has 0 radical (unpaired) electrons. The first-order chi connectivity index (χ1) is 10.7. The number of carbonyl (C=O) groups is 1. The highest BCUT2D eigenvalue weighted by atomic mass is 16.5. The van der Waals surface area contributed by atoms with Crippen LogP contribution in [0, 0.1) is 0 Å². The molecule has 5 heteroatoms. The van der Waals surface area contributed by atoms with Crippen molar-refractivity contribution >= 4 is 5.91 Å². The minimum absolute atomic E-state index is 0.0861. The predicted octanol–water partition coefficient (Wildman–Crippen LogP) is 2.49. The van der Waals surface area contributed by atoms with Gasteiger partial charge in [0.2, 0.25) is 0 Å². The van der Waals surface area contributed by atoms with Gasteiger partial charge in [-0.05, 0) is 43.9 Å². The fourth-order valence-electron chi connectivity index (χ4n) is 3.77. The van der Waals surface area contributed by atoms with Gasteiger partial charge >= 0.3 is 0 Å². The Labute approximate surface area is 131 Å². The molecule has 2 aliphatic rings. The van der Waals surface area contributed by atoms with Gasteiger partial charge in [-0.25, -0.2) is 0 Å². The van der Waals surface area contributed by atoms with Crippen LogP contribution in [0.25, 0.3) is 0 Å². The number of methoxy groups -OCH3 is 3. The van der Waals surface area contributed by atoms with Gasteiger partial charge in [-0.3, -0.25) is 4.79 Å². The van der Waals surface area contributed by atoms with Gasteiger partial charge in [-0.2, -0.15) is 0 Å². The number of hydrogen-bond donors (Lipinski definition) is 0. The van der Waals surface area contributed by atoms with E-state index in [-0.39, 0.29) is 12.0 Å². The number of carbonyl (C=O) groups excluding carboxylic acids is 1. The fraction of sp³-hybridized carbons (Fsp3) is 0.588. The molecule has 0 N–H and O–H groups in total. The molecule has 120 valence electrons. The van der Waals surface area contributed by atoms with Crippen LogP contribution in [0.2, 0.25) is 0 Å². The largest absolute Gasteiger partial charge is 0.493 e. The van der Waals surface area contributed by atoms with Gasteiger partial charge < -0.3 is 19.1 Å². The summed E-state index contributed by atoms with van der Waals surface area (Å²) in [6.07, 6.45) is 4.30. The molecule has 0 spiro atoms. The van der Waals surface area contributed by atoms with E-state index in [1.165, 1.54) is 0 Å². The Morgan fingerprint density at radius 3 is 2.23 bits per heavy atom. The molecule has 5 nitrogen and oxygen atoms in total. The highest BCUT2D eigenvalue weighted by molar-refractivity contribution is 5.95. The number of benzene rings is 1. The lowest BCUT2D eigenvalue weighted by Crippen LogP contribution is -2.48. The van der Waals surface area contributed by atoms with Crippen molar-refractivity contribution in [3.05, 3.63) is 23.8 Å². The highest BCUT2D eigenvalue weighted by Crippen LogP contribution is 2.38. The molecule has 3 rings (SSSR count). The van der Waals surface area contributed by atoms with Crippen LogP contribution < -0.4 is 9.47 Å². The molecule has 2 heterocycles. The molecule has 22 heavy (non-hydrogen) atoms. The topological polar surface area (TPSA) is 48.0 Å². The fourth-order valence-corrected chi connectivity index (χ4v) is 3.77. The third kappa shape index (κ3) is 2.54. The third-order valence-electron chi connectivity index (χ3n) is 4.89. The lowest BCUT2D eigenvalue weighted by atomic mass is 9.98. The van der Waals surface area contributed by atoms with E-state index >= 15 is 0 Å². The van der Waals surface area contributed by atoms with Crippen molar-refractivity contribution in [1.82, 2.24) is 4.90 Å². The van der Waals surface area contributed by atoms with Crippen LogP contribution in [0.3, 0.4) is 0 Å². The van der Waals surface area contributed by atoms with Gasteiger partial charge in [0.1, 0.15) is 0 Å². The summed E-state index contributed by atoms with van der Waals surface area (Å²) < 4.78 is 16.0. The highest BCUT2D eigenvalue weighted by Gasteiger charge is 2.43. The molecule has 2 atom stereocenters. The Kier molecular flexibility index (Phi) is 4.25. The lowest BCUT2D eigenvalue weighted by Gasteiger charge is -2.38. The Bertz CT molecular complexity index is 546. The Morgan fingerprint density at radius 2 is 1.68 bits per heavy atom. The second-order valence-corrected chi connectivity index (χ2v) is 6.00. The van der Waals surface area contributed by atoms with Gasteiger partial charge in [0, 0.05) is 24.8 Å².